The third kappa shape index (κ3) is 6.71. The van der Waals surface area contributed by atoms with Crippen LogP contribution in [0, 0.1) is 10.1 Å². The summed E-state index contributed by atoms with van der Waals surface area (Å²) < 4.78 is 7.86. The maximum Gasteiger partial charge on any atom is 0.312 e. The molecule has 0 unspecified atom stereocenters. The van der Waals surface area contributed by atoms with Gasteiger partial charge in [-0.15, -0.1) is 0 Å². The first-order chi connectivity index (χ1) is 19.8. The van der Waals surface area contributed by atoms with Gasteiger partial charge in [-0.25, -0.2) is 4.98 Å². The second kappa shape index (κ2) is 12.7. The molecule has 0 bridgehead atoms. The van der Waals surface area contributed by atoms with Gasteiger partial charge in [0.25, 0.3) is 11.5 Å². The number of nitrogens with zero attached hydrogens (tertiary/aromatic N) is 4. The summed E-state index contributed by atoms with van der Waals surface area (Å²) in [5.74, 6) is 0.111. The monoisotopic (exact) mass is 681 g/mol. The maximum absolute atomic E-state index is 13.6. The molecule has 0 spiro atoms. The van der Waals surface area contributed by atoms with Gasteiger partial charge in [-0.2, -0.15) is 9.78 Å². The van der Waals surface area contributed by atoms with Crippen LogP contribution in [-0.2, 0) is 4.79 Å². The lowest BCUT2D eigenvalue weighted by Crippen LogP contribution is -2.25. The fourth-order valence-corrected chi connectivity index (χ4v) is 5.78. The molecule has 0 atom stereocenters. The highest BCUT2D eigenvalue weighted by Crippen LogP contribution is 2.36. The number of para-hydroxylation sites is 1. The smallest absolute Gasteiger partial charge is 0.312 e. The van der Waals surface area contributed by atoms with Crippen molar-refractivity contribution in [2.75, 3.05) is 11.9 Å². The largest absolute Gasteiger partial charge is 0.476 e. The lowest BCUT2D eigenvalue weighted by Gasteiger charge is -2.22. The molecule has 1 aliphatic rings. The van der Waals surface area contributed by atoms with Crippen LogP contribution in [0.25, 0.3) is 10.9 Å². The van der Waals surface area contributed by atoms with E-state index in [1.807, 2.05) is 12.1 Å². The Kier molecular flexibility index (Phi) is 8.89. The van der Waals surface area contributed by atoms with E-state index in [1.165, 1.54) is 17.0 Å². The average molecular weight is 683 g/mol. The van der Waals surface area contributed by atoms with Crippen LogP contribution in [0.5, 0.6) is 5.75 Å². The Morgan fingerprint density at radius 2 is 1.88 bits per heavy atom. The molecule has 1 saturated carbocycles. The van der Waals surface area contributed by atoms with Gasteiger partial charge in [-0.1, -0.05) is 53.4 Å². The van der Waals surface area contributed by atoms with Crippen molar-refractivity contribution in [3.8, 4) is 5.75 Å². The first-order valence-corrected chi connectivity index (χ1v) is 14.6. The van der Waals surface area contributed by atoms with E-state index < -0.39 is 17.4 Å². The second-order valence-corrected chi connectivity index (χ2v) is 11.4. The number of nitrogens with one attached hydrogen (secondary N) is 1. The predicted molar refractivity (Wildman–Crippen MR) is 164 cm³/mol. The minimum atomic E-state index is -0.596. The molecular formula is C29H25Br2N5O5. The number of nitro groups is 1. The van der Waals surface area contributed by atoms with Gasteiger partial charge in [0, 0.05) is 27.7 Å². The Balaban J connectivity index is 1.46. The number of carbonyl (C=O) groups is 1. The first-order valence-electron chi connectivity index (χ1n) is 13.0. The Morgan fingerprint density at radius 1 is 1.12 bits per heavy atom. The topological polar surface area (TPSA) is 129 Å². The summed E-state index contributed by atoms with van der Waals surface area (Å²) in [6, 6.07) is 17.0. The summed E-state index contributed by atoms with van der Waals surface area (Å²) in [5.41, 5.74) is 0.876. The fraction of sp³-hybridized carbons (Fsp3) is 0.241. The highest BCUT2D eigenvalue weighted by atomic mass is 79.9. The van der Waals surface area contributed by atoms with Crippen molar-refractivity contribution in [3.63, 3.8) is 0 Å². The zero-order chi connectivity index (χ0) is 28.9. The van der Waals surface area contributed by atoms with Crippen LogP contribution >= 0.6 is 31.9 Å². The molecule has 41 heavy (non-hydrogen) atoms. The first kappa shape index (κ1) is 28.6. The Hall–Kier alpha value is -3.90. The van der Waals surface area contributed by atoms with E-state index in [0.29, 0.717) is 28.0 Å². The van der Waals surface area contributed by atoms with Gasteiger partial charge in [0.05, 0.1) is 26.5 Å². The number of hydrogen-bond acceptors (Lipinski definition) is 7. The van der Waals surface area contributed by atoms with Crippen molar-refractivity contribution >= 4 is 66.3 Å². The highest BCUT2D eigenvalue weighted by Gasteiger charge is 2.24. The van der Waals surface area contributed by atoms with Gasteiger partial charge in [0.15, 0.2) is 6.61 Å². The molecule has 3 aromatic carbocycles. The molecule has 1 heterocycles. The van der Waals surface area contributed by atoms with E-state index in [1.54, 1.807) is 42.5 Å². The van der Waals surface area contributed by atoms with Crippen LogP contribution in [0.3, 0.4) is 0 Å². The number of ether oxygens (including phenoxy) is 1. The fourth-order valence-electron chi connectivity index (χ4n) is 4.84. The lowest BCUT2D eigenvalue weighted by atomic mass is 9.88. The Labute approximate surface area is 251 Å². The summed E-state index contributed by atoms with van der Waals surface area (Å²) in [7, 11) is 0. The molecule has 0 aliphatic heterocycles. The zero-order valence-corrected chi connectivity index (χ0v) is 24.9. The minimum absolute atomic E-state index is 0.0838. The molecule has 1 amide bonds. The van der Waals surface area contributed by atoms with Crippen LogP contribution in [0.4, 0.5) is 11.4 Å². The SMILES string of the molecule is O=C(COc1c(Br)cc(C=Nn2c(C3CCCCC3)nc3ccc(Br)cc3c2=O)cc1[N+](=O)[O-])Nc1ccccc1. The van der Waals surface area contributed by atoms with E-state index in [2.05, 4.69) is 42.3 Å². The van der Waals surface area contributed by atoms with E-state index >= 15 is 0 Å². The number of halogens is 2. The summed E-state index contributed by atoms with van der Waals surface area (Å²) in [6.07, 6.45) is 6.45. The van der Waals surface area contributed by atoms with Crippen molar-refractivity contribution in [2.24, 2.45) is 5.10 Å². The number of nitro benzene ring substituents is 1. The van der Waals surface area contributed by atoms with Crippen LogP contribution in [0.2, 0.25) is 0 Å². The molecule has 12 heteroatoms. The second-order valence-electron chi connectivity index (χ2n) is 9.64. The van der Waals surface area contributed by atoms with E-state index in [0.717, 1.165) is 36.6 Å². The average Bonchev–Trinajstić information content (AvgIpc) is 2.97. The standard InChI is InChI=1S/C29H25Br2N5O5/c30-20-11-12-24-22(15-20)29(38)35(28(34-24)19-7-3-1-4-8-19)32-16-18-13-23(31)27(25(14-18)36(39)40)41-17-26(37)33-21-9-5-2-6-10-21/h2,5-6,9-16,19H,1,3-4,7-8,17H2,(H,33,37). The van der Waals surface area contributed by atoms with Gasteiger partial charge < -0.3 is 10.1 Å². The molecule has 210 valence electrons. The molecule has 0 radical (unpaired) electrons. The summed E-state index contributed by atoms with van der Waals surface area (Å²) >= 11 is 6.75. The van der Waals surface area contributed by atoms with Crippen molar-refractivity contribution in [2.45, 2.75) is 38.0 Å². The molecule has 1 fully saturated rings. The van der Waals surface area contributed by atoms with Gasteiger partial charge in [0.2, 0.25) is 5.75 Å². The highest BCUT2D eigenvalue weighted by molar-refractivity contribution is 9.10. The molecule has 10 nitrogen and oxygen atoms in total. The number of fused-ring (bicyclic) bond motifs is 1. The minimum Gasteiger partial charge on any atom is -0.476 e. The Bertz CT molecular complexity index is 1700. The lowest BCUT2D eigenvalue weighted by molar-refractivity contribution is -0.385. The van der Waals surface area contributed by atoms with Crippen molar-refractivity contribution < 1.29 is 14.5 Å². The van der Waals surface area contributed by atoms with Gasteiger partial charge in [-0.05, 0) is 65.2 Å². The molecule has 4 aromatic rings. The third-order valence-electron chi connectivity index (χ3n) is 6.77. The number of hydrogen-bond donors (Lipinski definition) is 1. The van der Waals surface area contributed by atoms with Crippen LogP contribution < -0.4 is 15.6 Å². The van der Waals surface area contributed by atoms with Crippen LogP contribution in [0.1, 0.15) is 49.4 Å². The van der Waals surface area contributed by atoms with Crippen LogP contribution in [0.15, 0.2) is 79.5 Å². The Morgan fingerprint density at radius 3 is 2.61 bits per heavy atom. The summed E-state index contributed by atoms with van der Waals surface area (Å²) in [4.78, 5) is 42.0. The maximum atomic E-state index is 13.6. The zero-order valence-electron chi connectivity index (χ0n) is 21.8. The molecular weight excluding hydrogens is 658 g/mol. The molecule has 5 rings (SSSR count). The van der Waals surface area contributed by atoms with E-state index in [4.69, 9.17) is 9.72 Å². The van der Waals surface area contributed by atoms with Crippen molar-refractivity contribution in [1.82, 2.24) is 9.66 Å². The summed E-state index contributed by atoms with van der Waals surface area (Å²) in [5, 5.41) is 19.5. The van der Waals surface area contributed by atoms with Crippen molar-refractivity contribution in [3.05, 3.63) is 101 Å². The predicted octanol–water partition coefficient (Wildman–Crippen LogP) is 6.78. The number of anilines is 1. The number of benzene rings is 3. The van der Waals surface area contributed by atoms with Gasteiger partial charge in [-0.3, -0.25) is 19.7 Å². The molecule has 0 saturated heterocycles. The molecule has 1 aliphatic carbocycles. The number of amides is 1. The van der Waals surface area contributed by atoms with Crippen LogP contribution in [-0.4, -0.2) is 33.3 Å². The quantitative estimate of drug-likeness (QED) is 0.124. The number of carbonyl (C=O) groups excluding carboxylic acids is 1. The van der Waals surface area contributed by atoms with Gasteiger partial charge in [0.1, 0.15) is 5.82 Å². The normalized spacial score (nSPS) is 13.9. The van der Waals surface area contributed by atoms with Crippen molar-refractivity contribution in [1.29, 1.82) is 0 Å². The summed E-state index contributed by atoms with van der Waals surface area (Å²) in [6.45, 7) is -0.430. The molecule has 1 aromatic heterocycles. The van der Waals surface area contributed by atoms with E-state index in [9.17, 15) is 19.7 Å². The third-order valence-corrected chi connectivity index (χ3v) is 7.86. The molecule has 1 N–H and O–H groups in total. The van der Waals surface area contributed by atoms with E-state index in [-0.39, 0.29) is 27.4 Å². The number of aromatic nitrogens is 2. The van der Waals surface area contributed by atoms with Gasteiger partial charge >= 0.3 is 5.69 Å². The number of rotatable bonds is 8.